The Morgan fingerprint density at radius 3 is 2.59 bits per heavy atom. The van der Waals surface area contributed by atoms with Gasteiger partial charge in [0.2, 0.25) is 5.13 Å². The second-order valence-electron chi connectivity index (χ2n) is 7.51. The molecule has 0 radical (unpaired) electrons. The zero-order valence-corrected chi connectivity index (χ0v) is 20.3. The molecule has 0 fully saturated rings. The molecule has 174 valence electrons. The Morgan fingerprint density at radius 2 is 1.82 bits per heavy atom. The molecule has 0 atom stereocenters. The zero-order valence-electron chi connectivity index (χ0n) is 19.4. The van der Waals surface area contributed by atoms with Crippen molar-refractivity contribution in [3.63, 3.8) is 0 Å². The van der Waals surface area contributed by atoms with Crippen molar-refractivity contribution in [3.05, 3.63) is 83.4 Å². The molecule has 0 aliphatic rings. The predicted octanol–water partition coefficient (Wildman–Crippen LogP) is 6.55. The Kier molecular flexibility index (Phi) is 7.78. The molecule has 0 spiro atoms. The van der Waals surface area contributed by atoms with E-state index in [2.05, 4.69) is 15.5 Å². The largest absolute Gasteiger partial charge is 0.493 e. The van der Waals surface area contributed by atoms with E-state index in [0.29, 0.717) is 24.7 Å². The van der Waals surface area contributed by atoms with Gasteiger partial charge < -0.3 is 14.2 Å². The highest BCUT2D eigenvalue weighted by Crippen LogP contribution is 2.34. The van der Waals surface area contributed by atoms with E-state index in [1.807, 2.05) is 86.7 Å². The highest BCUT2D eigenvalue weighted by atomic mass is 32.1. The number of aromatic nitrogens is 1. The summed E-state index contributed by atoms with van der Waals surface area (Å²) in [5.74, 6) is 2.12. The van der Waals surface area contributed by atoms with Gasteiger partial charge in [0.15, 0.2) is 11.5 Å². The van der Waals surface area contributed by atoms with Crippen molar-refractivity contribution >= 4 is 39.0 Å². The fraction of sp³-hybridized carbons (Fsp3) is 0.185. The summed E-state index contributed by atoms with van der Waals surface area (Å²) in [5, 5.41) is 5.10. The Bertz CT molecular complexity index is 1260. The number of rotatable bonds is 10. The van der Waals surface area contributed by atoms with Gasteiger partial charge in [-0.25, -0.2) is 4.98 Å². The van der Waals surface area contributed by atoms with Crippen molar-refractivity contribution in [2.24, 2.45) is 5.10 Å². The quantitative estimate of drug-likeness (QED) is 0.161. The van der Waals surface area contributed by atoms with Crippen LogP contribution < -0.4 is 19.6 Å². The summed E-state index contributed by atoms with van der Waals surface area (Å²) in [4.78, 5) is 4.53. The summed E-state index contributed by atoms with van der Waals surface area (Å²) in [6, 6.07) is 19.9. The topological polar surface area (TPSA) is 65.0 Å². The van der Waals surface area contributed by atoms with Gasteiger partial charge in [0.1, 0.15) is 19.0 Å². The van der Waals surface area contributed by atoms with Gasteiger partial charge in [0, 0.05) is 5.56 Å². The van der Waals surface area contributed by atoms with Crippen LogP contribution in [0.3, 0.4) is 0 Å². The molecule has 0 saturated heterocycles. The first-order valence-electron chi connectivity index (χ1n) is 11.0. The lowest BCUT2D eigenvalue weighted by Crippen LogP contribution is -2.10. The van der Waals surface area contributed by atoms with Crippen LogP contribution in [0.25, 0.3) is 16.3 Å². The molecule has 0 unspecified atom stereocenters. The molecule has 34 heavy (non-hydrogen) atoms. The van der Waals surface area contributed by atoms with E-state index in [4.69, 9.17) is 14.2 Å². The minimum atomic E-state index is 0.390. The summed E-state index contributed by atoms with van der Waals surface area (Å²) in [5.41, 5.74) is 6.95. The third kappa shape index (κ3) is 5.94. The van der Waals surface area contributed by atoms with Crippen molar-refractivity contribution in [2.75, 3.05) is 25.7 Å². The zero-order chi connectivity index (χ0) is 23.8. The van der Waals surface area contributed by atoms with Crippen molar-refractivity contribution in [1.82, 2.24) is 4.98 Å². The average Bonchev–Trinajstić information content (AvgIpc) is 3.26. The van der Waals surface area contributed by atoms with Crippen molar-refractivity contribution in [3.8, 4) is 17.2 Å². The SMILES string of the molecule is C/C=C/c1cc(/C=N\Nc2nc3ccccc3s2)cc(OC)c1OCCOc1ccc(C)cc1. The molecule has 6 nitrogen and oxygen atoms in total. The minimum absolute atomic E-state index is 0.390. The Labute approximate surface area is 203 Å². The van der Waals surface area contributed by atoms with Gasteiger partial charge in [-0.05, 0) is 55.8 Å². The maximum Gasteiger partial charge on any atom is 0.204 e. The molecule has 1 N–H and O–H groups in total. The van der Waals surface area contributed by atoms with Crippen LogP contribution >= 0.6 is 11.3 Å². The van der Waals surface area contributed by atoms with E-state index in [9.17, 15) is 0 Å². The third-order valence-electron chi connectivity index (χ3n) is 4.96. The number of hydrazone groups is 1. The van der Waals surface area contributed by atoms with E-state index in [1.54, 1.807) is 24.7 Å². The number of benzene rings is 3. The van der Waals surface area contributed by atoms with E-state index in [-0.39, 0.29) is 0 Å². The smallest absolute Gasteiger partial charge is 0.204 e. The molecule has 1 heterocycles. The highest BCUT2D eigenvalue weighted by Gasteiger charge is 2.12. The number of hydrogen-bond acceptors (Lipinski definition) is 7. The lowest BCUT2D eigenvalue weighted by molar-refractivity contribution is 0.211. The first-order valence-corrected chi connectivity index (χ1v) is 11.8. The van der Waals surface area contributed by atoms with Gasteiger partial charge in [0.25, 0.3) is 0 Å². The Balaban J connectivity index is 1.43. The van der Waals surface area contributed by atoms with Crippen LogP contribution in [0.1, 0.15) is 23.6 Å². The fourth-order valence-corrected chi connectivity index (χ4v) is 4.17. The fourth-order valence-electron chi connectivity index (χ4n) is 3.35. The van der Waals surface area contributed by atoms with E-state index < -0.39 is 0 Å². The van der Waals surface area contributed by atoms with Crippen molar-refractivity contribution in [1.29, 1.82) is 0 Å². The average molecular weight is 474 g/mol. The molecule has 0 aliphatic heterocycles. The lowest BCUT2D eigenvalue weighted by atomic mass is 10.1. The van der Waals surface area contributed by atoms with Crippen LogP contribution in [0.5, 0.6) is 17.2 Å². The first-order chi connectivity index (χ1) is 16.7. The van der Waals surface area contributed by atoms with Gasteiger partial charge >= 0.3 is 0 Å². The number of para-hydroxylation sites is 1. The molecular weight excluding hydrogens is 446 g/mol. The molecule has 0 saturated carbocycles. The van der Waals surface area contributed by atoms with Crippen molar-refractivity contribution in [2.45, 2.75) is 13.8 Å². The van der Waals surface area contributed by atoms with Crippen LogP contribution in [-0.4, -0.2) is 31.5 Å². The number of fused-ring (bicyclic) bond motifs is 1. The lowest BCUT2D eigenvalue weighted by Gasteiger charge is -2.15. The first kappa shape index (κ1) is 23.3. The summed E-state index contributed by atoms with van der Waals surface area (Å²) in [7, 11) is 1.63. The maximum atomic E-state index is 6.05. The van der Waals surface area contributed by atoms with Gasteiger partial charge in [-0.2, -0.15) is 5.10 Å². The number of hydrogen-bond donors (Lipinski definition) is 1. The second kappa shape index (κ2) is 11.3. The van der Waals surface area contributed by atoms with Gasteiger partial charge in [-0.15, -0.1) is 0 Å². The summed E-state index contributed by atoms with van der Waals surface area (Å²) in [6.07, 6.45) is 5.69. The van der Waals surface area contributed by atoms with Gasteiger partial charge in [-0.3, -0.25) is 5.43 Å². The third-order valence-corrected chi connectivity index (χ3v) is 5.90. The van der Waals surface area contributed by atoms with Crippen LogP contribution in [0, 0.1) is 6.92 Å². The number of anilines is 1. The molecule has 4 rings (SSSR count). The maximum absolute atomic E-state index is 6.05. The number of thiazole rings is 1. The van der Waals surface area contributed by atoms with E-state index in [1.165, 1.54) is 5.56 Å². The molecule has 1 aromatic heterocycles. The molecule has 3 aromatic carbocycles. The number of nitrogens with zero attached hydrogens (tertiary/aromatic N) is 2. The summed E-state index contributed by atoms with van der Waals surface area (Å²) in [6.45, 7) is 4.83. The Hall–Kier alpha value is -3.84. The number of aryl methyl sites for hydroxylation is 1. The number of allylic oxidation sites excluding steroid dienone is 1. The molecule has 7 heteroatoms. The normalized spacial score (nSPS) is 11.4. The molecule has 0 bridgehead atoms. The Morgan fingerprint density at radius 1 is 1.03 bits per heavy atom. The van der Waals surface area contributed by atoms with E-state index >= 15 is 0 Å². The molecule has 0 aliphatic carbocycles. The summed E-state index contributed by atoms with van der Waals surface area (Å²) < 4.78 is 18.6. The van der Waals surface area contributed by atoms with Crippen molar-refractivity contribution < 1.29 is 14.2 Å². The minimum Gasteiger partial charge on any atom is -0.493 e. The second-order valence-corrected chi connectivity index (χ2v) is 8.54. The highest BCUT2D eigenvalue weighted by molar-refractivity contribution is 7.22. The predicted molar refractivity (Wildman–Crippen MR) is 141 cm³/mol. The van der Waals surface area contributed by atoms with E-state index in [0.717, 1.165) is 32.2 Å². The van der Waals surface area contributed by atoms with Crippen LogP contribution in [0.4, 0.5) is 5.13 Å². The van der Waals surface area contributed by atoms with Crippen LogP contribution in [-0.2, 0) is 0 Å². The number of methoxy groups -OCH3 is 1. The molecule has 4 aromatic rings. The monoisotopic (exact) mass is 473 g/mol. The van der Waals surface area contributed by atoms with Gasteiger partial charge in [-0.1, -0.05) is 53.3 Å². The molecular formula is C27H27N3O3S. The van der Waals surface area contributed by atoms with Crippen LogP contribution in [0.15, 0.2) is 71.8 Å². The van der Waals surface area contributed by atoms with Gasteiger partial charge in [0.05, 0.1) is 23.5 Å². The van der Waals surface area contributed by atoms with Crippen LogP contribution in [0.2, 0.25) is 0 Å². The molecule has 0 amide bonds. The standard InChI is InChI=1S/C27H27N3O3S/c1-4-7-21-16-20(18-28-30-27-29-23-8-5-6-9-25(23)34-27)17-24(31-3)26(21)33-15-14-32-22-12-10-19(2)11-13-22/h4-13,16-18H,14-15H2,1-3H3,(H,29,30)/b7-4+,28-18-. The summed E-state index contributed by atoms with van der Waals surface area (Å²) >= 11 is 1.56. The number of ether oxygens (including phenoxy) is 3. The number of nitrogens with one attached hydrogen (secondary N) is 1.